The monoisotopic (exact) mass is 256 g/mol. The maximum Gasteiger partial charge on any atom is 0.0917 e. The molecule has 1 aromatic rings. The summed E-state index contributed by atoms with van der Waals surface area (Å²) < 4.78 is 3.95. The third kappa shape index (κ3) is 4.72. The molecule has 98 valence electrons. The van der Waals surface area contributed by atoms with Crippen molar-refractivity contribution in [1.82, 2.24) is 9.59 Å². The Bertz CT molecular complexity index is 312. The van der Waals surface area contributed by atoms with Gasteiger partial charge in [0.2, 0.25) is 0 Å². The molecular formula is C13H24N2OS. The summed E-state index contributed by atoms with van der Waals surface area (Å²) in [5.74, 6) is 0.346. The molecule has 1 rings (SSSR count). The second-order valence-corrected chi connectivity index (χ2v) is 5.68. The van der Waals surface area contributed by atoms with E-state index in [4.69, 9.17) is 0 Å². The van der Waals surface area contributed by atoms with Gasteiger partial charge in [0.1, 0.15) is 0 Å². The zero-order valence-electron chi connectivity index (χ0n) is 11.1. The molecule has 0 aliphatic rings. The number of aromatic nitrogens is 2. The van der Waals surface area contributed by atoms with E-state index in [9.17, 15) is 5.11 Å². The Morgan fingerprint density at radius 2 is 1.88 bits per heavy atom. The number of hydrogen-bond acceptors (Lipinski definition) is 4. The normalized spacial score (nSPS) is 13.2. The summed E-state index contributed by atoms with van der Waals surface area (Å²) in [6.07, 6.45) is 6.63. The third-order valence-electron chi connectivity index (χ3n) is 2.97. The molecule has 0 aliphatic heterocycles. The minimum Gasteiger partial charge on any atom is -0.387 e. The van der Waals surface area contributed by atoms with Crippen LogP contribution in [-0.4, -0.2) is 14.7 Å². The molecule has 1 unspecified atom stereocenters. The fraction of sp³-hybridized carbons (Fsp3) is 0.846. The Morgan fingerprint density at radius 3 is 2.53 bits per heavy atom. The summed E-state index contributed by atoms with van der Waals surface area (Å²) in [5.41, 5.74) is 0.969. The fourth-order valence-corrected chi connectivity index (χ4v) is 2.73. The molecule has 4 heteroatoms. The minimum atomic E-state index is -0.367. The maximum absolute atomic E-state index is 10.1. The molecular weight excluding hydrogens is 232 g/mol. The van der Waals surface area contributed by atoms with Crippen LogP contribution in [0.25, 0.3) is 0 Å². The molecule has 0 radical (unpaired) electrons. The van der Waals surface area contributed by atoms with Gasteiger partial charge in [-0.1, -0.05) is 57.4 Å². The van der Waals surface area contributed by atoms with Crippen molar-refractivity contribution in [2.45, 2.75) is 71.3 Å². The molecule has 0 aliphatic carbocycles. The number of rotatable bonds is 8. The van der Waals surface area contributed by atoms with Crippen LogP contribution in [0.5, 0.6) is 0 Å². The Kier molecular flexibility index (Phi) is 6.66. The zero-order chi connectivity index (χ0) is 12.7. The summed E-state index contributed by atoms with van der Waals surface area (Å²) in [5, 5.41) is 14.2. The van der Waals surface area contributed by atoms with E-state index >= 15 is 0 Å². The van der Waals surface area contributed by atoms with Crippen LogP contribution in [0.1, 0.15) is 81.9 Å². The number of hydrogen-bond donors (Lipinski definition) is 1. The first-order valence-electron chi connectivity index (χ1n) is 6.67. The van der Waals surface area contributed by atoms with Crippen LogP contribution >= 0.6 is 11.5 Å². The lowest BCUT2D eigenvalue weighted by molar-refractivity contribution is 0.165. The Hall–Kier alpha value is -0.480. The summed E-state index contributed by atoms with van der Waals surface area (Å²) in [4.78, 5) is 0.968. The predicted molar refractivity (Wildman–Crippen MR) is 72.3 cm³/mol. The second kappa shape index (κ2) is 7.77. The van der Waals surface area contributed by atoms with Crippen LogP contribution in [-0.2, 0) is 0 Å². The fourth-order valence-electron chi connectivity index (χ4n) is 1.91. The molecule has 0 amide bonds. The van der Waals surface area contributed by atoms with E-state index in [1.54, 1.807) is 0 Å². The first-order valence-corrected chi connectivity index (χ1v) is 7.44. The van der Waals surface area contributed by atoms with Gasteiger partial charge < -0.3 is 5.11 Å². The lowest BCUT2D eigenvalue weighted by Gasteiger charge is -2.10. The minimum absolute atomic E-state index is 0.346. The molecule has 0 saturated carbocycles. The highest BCUT2D eigenvalue weighted by molar-refractivity contribution is 7.05. The van der Waals surface area contributed by atoms with Gasteiger partial charge in [-0.2, -0.15) is 0 Å². The maximum atomic E-state index is 10.1. The van der Waals surface area contributed by atoms with E-state index < -0.39 is 0 Å². The average molecular weight is 256 g/mol. The smallest absolute Gasteiger partial charge is 0.0917 e. The summed E-state index contributed by atoms with van der Waals surface area (Å²) in [6, 6.07) is 0. The number of unbranched alkanes of at least 4 members (excludes halogenated alkanes) is 4. The van der Waals surface area contributed by atoms with E-state index in [2.05, 4.69) is 30.4 Å². The van der Waals surface area contributed by atoms with Gasteiger partial charge >= 0.3 is 0 Å². The number of aliphatic hydroxyl groups is 1. The standard InChI is InChI=1S/C13H24N2OS/c1-4-5-6-7-8-9-11(16)13-12(10(2)3)14-15-17-13/h10-11,16H,4-9H2,1-3H3. The molecule has 17 heavy (non-hydrogen) atoms. The zero-order valence-corrected chi connectivity index (χ0v) is 12.0. The van der Waals surface area contributed by atoms with Gasteiger partial charge in [-0.3, -0.25) is 0 Å². The van der Waals surface area contributed by atoms with Gasteiger partial charge in [0.15, 0.2) is 0 Å². The SMILES string of the molecule is CCCCCCCC(O)c1snnc1C(C)C. The summed E-state index contributed by atoms with van der Waals surface area (Å²) in [7, 11) is 0. The van der Waals surface area contributed by atoms with Crippen LogP contribution in [0.15, 0.2) is 0 Å². The van der Waals surface area contributed by atoms with Gasteiger partial charge in [-0.15, -0.1) is 5.10 Å². The lowest BCUT2D eigenvalue weighted by atomic mass is 10.0. The van der Waals surface area contributed by atoms with Gasteiger partial charge in [-0.05, 0) is 23.9 Å². The van der Waals surface area contributed by atoms with Gasteiger partial charge in [0.25, 0.3) is 0 Å². The molecule has 0 fully saturated rings. The number of aliphatic hydroxyl groups excluding tert-OH is 1. The number of nitrogens with zero attached hydrogens (tertiary/aromatic N) is 2. The van der Waals surface area contributed by atoms with Crippen molar-refractivity contribution in [3.63, 3.8) is 0 Å². The first-order chi connectivity index (χ1) is 8.16. The van der Waals surface area contributed by atoms with Crippen LogP contribution in [0.2, 0.25) is 0 Å². The van der Waals surface area contributed by atoms with Crippen LogP contribution < -0.4 is 0 Å². The lowest BCUT2D eigenvalue weighted by Crippen LogP contribution is -2.01. The van der Waals surface area contributed by atoms with E-state index in [1.165, 1.54) is 37.2 Å². The van der Waals surface area contributed by atoms with Crippen LogP contribution in [0, 0.1) is 0 Å². The Balaban J connectivity index is 2.36. The van der Waals surface area contributed by atoms with E-state index in [1.807, 2.05) is 0 Å². The third-order valence-corrected chi connectivity index (χ3v) is 3.81. The largest absolute Gasteiger partial charge is 0.387 e. The average Bonchev–Trinajstić information content (AvgIpc) is 2.77. The molecule has 0 bridgehead atoms. The van der Waals surface area contributed by atoms with Crippen LogP contribution in [0.4, 0.5) is 0 Å². The van der Waals surface area contributed by atoms with Crippen molar-refractivity contribution in [3.8, 4) is 0 Å². The predicted octanol–water partition coefficient (Wildman–Crippen LogP) is 4.06. The highest BCUT2D eigenvalue weighted by atomic mass is 32.1. The molecule has 1 aromatic heterocycles. The van der Waals surface area contributed by atoms with Crippen molar-refractivity contribution in [3.05, 3.63) is 10.6 Å². The van der Waals surface area contributed by atoms with Crippen molar-refractivity contribution >= 4 is 11.5 Å². The highest BCUT2D eigenvalue weighted by Gasteiger charge is 2.18. The van der Waals surface area contributed by atoms with E-state index in [0.29, 0.717) is 5.92 Å². The molecule has 0 saturated heterocycles. The summed E-state index contributed by atoms with van der Waals surface area (Å²) >= 11 is 1.34. The van der Waals surface area contributed by atoms with Gasteiger partial charge in [0, 0.05) is 0 Å². The topological polar surface area (TPSA) is 46.0 Å². The Morgan fingerprint density at radius 1 is 1.18 bits per heavy atom. The van der Waals surface area contributed by atoms with Crippen molar-refractivity contribution in [2.75, 3.05) is 0 Å². The van der Waals surface area contributed by atoms with Gasteiger partial charge in [-0.25, -0.2) is 0 Å². The quantitative estimate of drug-likeness (QED) is 0.714. The first kappa shape index (κ1) is 14.6. The Labute approximate surface area is 108 Å². The molecule has 1 N–H and O–H groups in total. The van der Waals surface area contributed by atoms with Crippen molar-refractivity contribution in [1.29, 1.82) is 0 Å². The molecule has 1 heterocycles. The van der Waals surface area contributed by atoms with E-state index in [-0.39, 0.29) is 6.10 Å². The molecule has 1 atom stereocenters. The van der Waals surface area contributed by atoms with E-state index in [0.717, 1.165) is 23.4 Å². The van der Waals surface area contributed by atoms with Crippen LogP contribution in [0.3, 0.4) is 0 Å². The summed E-state index contributed by atoms with van der Waals surface area (Å²) in [6.45, 7) is 6.40. The highest BCUT2D eigenvalue weighted by Crippen LogP contribution is 2.29. The molecule has 0 spiro atoms. The molecule has 0 aromatic carbocycles. The molecule has 3 nitrogen and oxygen atoms in total. The second-order valence-electron chi connectivity index (χ2n) is 4.90. The van der Waals surface area contributed by atoms with Crippen molar-refractivity contribution in [2.24, 2.45) is 0 Å². The van der Waals surface area contributed by atoms with Crippen molar-refractivity contribution < 1.29 is 5.11 Å². The van der Waals surface area contributed by atoms with Gasteiger partial charge in [0.05, 0.1) is 16.7 Å².